The normalized spacial score (nSPS) is 18.0. The Morgan fingerprint density at radius 2 is 1.89 bits per heavy atom. The summed E-state index contributed by atoms with van der Waals surface area (Å²) in [5.41, 5.74) is 2.14. The van der Waals surface area contributed by atoms with Gasteiger partial charge in [-0.2, -0.15) is 0 Å². The third-order valence-electron chi connectivity index (χ3n) is 5.00. The number of carbonyl (C=O) groups excluding carboxylic acids is 2. The van der Waals surface area contributed by atoms with E-state index in [-0.39, 0.29) is 30.9 Å². The Balaban J connectivity index is 1.27. The van der Waals surface area contributed by atoms with E-state index in [1.54, 1.807) is 4.90 Å². The molecule has 4 rings (SSSR count). The fourth-order valence-corrected chi connectivity index (χ4v) is 3.46. The van der Waals surface area contributed by atoms with Crippen LogP contribution >= 0.6 is 0 Å². The van der Waals surface area contributed by atoms with E-state index in [4.69, 9.17) is 9.47 Å². The summed E-state index contributed by atoms with van der Waals surface area (Å²) in [5.74, 6) is 1.10. The van der Waals surface area contributed by atoms with Crippen LogP contribution in [0.1, 0.15) is 17.5 Å². The zero-order valence-electron chi connectivity index (χ0n) is 15.0. The second-order valence-electron chi connectivity index (χ2n) is 6.88. The van der Waals surface area contributed by atoms with Gasteiger partial charge in [0.1, 0.15) is 0 Å². The lowest BCUT2D eigenvalue weighted by Gasteiger charge is -2.16. The molecule has 140 valence electrons. The van der Waals surface area contributed by atoms with Gasteiger partial charge in [0.15, 0.2) is 11.5 Å². The van der Waals surface area contributed by atoms with Gasteiger partial charge in [-0.3, -0.25) is 9.59 Å². The van der Waals surface area contributed by atoms with Gasteiger partial charge in [0.05, 0.1) is 5.92 Å². The van der Waals surface area contributed by atoms with Crippen molar-refractivity contribution in [1.82, 2.24) is 10.2 Å². The lowest BCUT2D eigenvalue weighted by Crippen LogP contribution is -2.33. The van der Waals surface area contributed by atoms with Gasteiger partial charge in [0.25, 0.3) is 0 Å². The second-order valence-corrected chi connectivity index (χ2v) is 6.88. The first kappa shape index (κ1) is 17.4. The summed E-state index contributed by atoms with van der Waals surface area (Å²) in [4.78, 5) is 26.5. The summed E-state index contributed by atoms with van der Waals surface area (Å²) in [6.07, 6.45) is 1.08. The molecule has 1 atom stereocenters. The molecule has 0 spiro atoms. The first-order valence-electron chi connectivity index (χ1n) is 9.17. The van der Waals surface area contributed by atoms with Crippen LogP contribution in [0.4, 0.5) is 0 Å². The van der Waals surface area contributed by atoms with Gasteiger partial charge < -0.3 is 19.7 Å². The Kier molecular flexibility index (Phi) is 4.96. The fraction of sp³-hybridized carbons (Fsp3) is 0.333. The molecule has 2 heterocycles. The molecular weight excluding hydrogens is 344 g/mol. The quantitative estimate of drug-likeness (QED) is 0.850. The molecule has 2 aliphatic rings. The maximum atomic E-state index is 12.5. The molecule has 0 saturated carbocycles. The van der Waals surface area contributed by atoms with Gasteiger partial charge in [-0.1, -0.05) is 36.4 Å². The number of hydrogen-bond acceptors (Lipinski definition) is 4. The number of carbonyl (C=O) groups is 2. The van der Waals surface area contributed by atoms with E-state index in [1.807, 2.05) is 36.4 Å². The van der Waals surface area contributed by atoms with E-state index in [0.717, 1.165) is 17.7 Å². The molecule has 0 bridgehead atoms. The van der Waals surface area contributed by atoms with Crippen molar-refractivity contribution in [3.8, 4) is 11.5 Å². The highest BCUT2D eigenvalue weighted by molar-refractivity contribution is 5.89. The lowest BCUT2D eigenvalue weighted by atomic mass is 10.1. The van der Waals surface area contributed by atoms with Gasteiger partial charge in [0.2, 0.25) is 18.6 Å². The van der Waals surface area contributed by atoms with E-state index in [1.165, 1.54) is 5.56 Å². The minimum atomic E-state index is -0.290. The van der Waals surface area contributed by atoms with E-state index in [2.05, 4.69) is 17.4 Å². The van der Waals surface area contributed by atoms with E-state index in [9.17, 15) is 9.59 Å². The SMILES string of the molecule is O=C(NCc1ccc2c(c1)OCO2)[C@@H]1CC(=O)N(CCc2ccccc2)C1. The van der Waals surface area contributed by atoms with E-state index >= 15 is 0 Å². The average Bonchev–Trinajstić information content (AvgIpc) is 3.31. The third kappa shape index (κ3) is 4.05. The molecule has 1 saturated heterocycles. The first-order valence-corrected chi connectivity index (χ1v) is 9.17. The molecule has 2 amide bonds. The van der Waals surface area contributed by atoms with Crippen LogP contribution < -0.4 is 14.8 Å². The molecule has 6 heteroatoms. The highest BCUT2D eigenvalue weighted by Crippen LogP contribution is 2.32. The number of likely N-dealkylation sites (tertiary alicyclic amines) is 1. The predicted molar refractivity (Wildman–Crippen MR) is 99.2 cm³/mol. The van der Waals surface area contributed by atoms with E-state index < -0.39 is 0 Å². The van der Waals surface area contributed by atoms with Crippen molar-refractivity contribution >= 4 is 11.8 Å². The number of hydrogen-bond donors (Lipinski definition) is 1. The van der Waals surface area contributed by atoms with Crippen molar-refractivity contribution in [3.05, 3.63) is 59.7 Å². The van der Waals surface area contributed by atoms with Crippen molar-refractivity contribution < 1.29 is 19.1 Å². The fourth-order valence-electron chi connectivity index (χ4n) is 3.46. The minimum absolute atomic E-state index is 0.0501. The summed E-state index contributed by atoms with van der Waals surface area (Å²) in [5, 5.41) is 2.93. The number of ether oxygens (including phenoxy) is 2. The lowest BCUT2D eigenvalue weighted by molar-refractivity contribution is -0.129. The minimum Gasteiger partial charge on any atom is -0.454 e. The Morgan fingerprint density at radius 1 is 1.07 bits per heavy atom. The molecule has 1 fully saturated rings. The smallest absolute Gasteiger partial charge is 0.231 e. The summed E-state index contributed by atoms with van der Waals surface area (Å²) in [6, 6.07) is 15.7. The molecule has 27 heavy (non-hydrogen) atoms. The molecular formula is C21H22N2O4. The summed E-state index contributed by atoms with van der Waals surface area (Å²) < 4.78 is 10.6. The number of benzene rings is 2. The Labute approximate surface area is 158 Å². The standard InChI is InChI=1S/C21H22N2O4/c24-20-11-17(13-23(20)9-8-15-4-2-1-3-5-15)21(25)22-12-16-6-7-18-19(10-16)27-14-26-18/h1-7,10,17H,8-9,11-14H2,(H,22,25)/t17-/m1/s1. The van der Waals surface area contributed by atoms with Crippen LogP contribution in [0.2, 0.25) is 0 Å². The summed E-state index contributed by atoms with van der Waals surface area (Å²) in [7, 11) is 0. The molecule has 2 aromatic carbocycles. The van der Waals surface area contributed by atoms with Crippen LogP contribution in [0.25, 0.3) is 0 Å². The van der Waals surface area contributed by atoms with Crippen LogP contribution in [-0.2, 0) is 22.6 Å². The van der Waals surface area contributed by atoms with Crippen LogP contribution in [0.5, 0.6) is 11.5 Å². The number of nitrogens with zero attached hydrogens (tertiary/aromatic N) is 1. The Morgan fingerprint density at radius 3 is 2.74 bits per heavy atom. The van der Waals surface area contributed by atoms with Gasteiger partial charge >= 0.3 is 0 Å². The first-order chi connectivity index (χ1) is 13.2. The van der Waals surface area contributed by atoms with Crippen LogP contribution in [0, 0.1) is 5.92 Å². The van der Waals surface area contributed by atoms with Crippen molar-refractivity contribution in [1.29, 1.82) is 0 Å². The van der Waals surface area contributed by atoms with Crippen molar-refractivity contribution in [3.63, 3.8) is 0 Å². The van der Waals surface area contributed by atoms with Crippen LogP contribution in [0.15, 0.2) is 48.5 Å². The molecule has 0 radical (unpaired) electrons. The molecule has 1 N–H and O–H groups in total. The molecule has 0 unspecified atom stereocenters. The monoisotopic (exact) mass is 366 g/mol. The summed E-state index contributed by atoms with van der Waals surface area (Å²) in [6.45, 7) is 1.77. The van der Waals surface area contributed by atoms with Gasteiger partial charge in [-0.25, -0.2) is 0 Å². The largest absolute Gasteiger partial charge is 0.454 e. The summed E-state index contributed by atoms with van der Waals surface area (Å²) >= 11 is 0. The average molecular weight is 366 g/mol. The van der Waals surface area contributed by atoms with Crippen molar-refractivity contribution in [2.24, 2.45) is 5.92 Å². The zero-order chi connectivity index (χ0) is 18.6. The zero-order valence-corrected chi connectivity index (χ0v) is 15.0. The molecule has 0 aliphatic carbocycles. The second kappa shape index (κ2) is 7.70. The van der Waals surface area contributed by atoms with Gasteiger partial charge in [0, 0.05) is 26.1 Å². The topological polar surface area (TPSA) is 67.9 Å². The molecule has 6 nitrogen and oxygen atoms in total. The molecule has 0 aromatic heterocycles. The predicted octanol–water partition coefficient (Wildman–Crippen LogP) is 2.12. The van der Waals surface area contributed by atoms with Crippen molar-refractivity contribution in [2.75, 3.05) is 19.9 Å². The maximum absolute atomic E-state index is 12.5. The highest BCUT2D eigenvalue weighted by atomic mass is 16.7. The number of fused-ring (bicyclic) bond motifs is 1. The van der Waals surface area contributed by atoms with Crippen molar-refractivity contribution in [2.45, 2.75) is 19.4 Å². The third-order valence-corrected chi connectivity index (χ3v) is 5.00. The van der Waals surface area contributed by atoms with Crippen LogP contribution in [-0.4, -0.2) is 36.6 Å². The Bertz CT molecular complexity index is 837. The number of rotatable bonds is 6. The maximum Gasteiger partial charge on any atom is 0.231 e. The van der Waals surface area contributed by atoms with Gasteiger partial charge in [-0.05, 0) is 29.7 Å². The number of nitrogens with one attached hydrogen (secondary N) is 1. The number of amides is 2. The molecule has 2 aliphatic heterocycles. The van der Waals surface area contributed by atoms with Crippen LogP contribution in [0.3, 0.4) is 0 Å². The van der Waals surface area contributed by atoms with E-state index in [0.29, 0.717) is 25.4 Å². The molecule has 2 aromatic rings. The Hall–Kier alpha value is -3.02. The highest BCUT2D eigenvalue weighted by Gasteiger charge is 2.33. The van der Waals surface area contributed by atoms with Gasteiger partial charge in [-0.15, -0.1) is 0 Å².